The molecule has 7 nitrogen and oxygen atoms in total. The number of carbonyl (C=O) groups excluding carboxylic acids is 1. The SMILES string of the molecule is Cc1ccc2cc(/C=N/NC(=O)Cc3nc4sc(C)c(C)c4c(=O)[nH]3)c(Cl)nc2c1. The lowest BCUT2D eigenvalue weighted by Crippen LogP contribution is -2.23. The summed E-state index contributed by atoms with van der Waals surface area (Å²) in [5.74, 6) is -0.110. The van der Waals surface area contributed by atoms with E-state index in [9.17, 15) is 9.59 Å². The summed E-state index contributed by atoms with van der Waals surface area (Å²) in [6.07, 6.45) is 1.35. The Morgan fingerprint density at radius 3 is 2.87 bits per heavy atom. The molecule has 0 fully saturated rings. The number of hydrogen-bond acceptors (Lipinski definition) is 6. The van der Waals surface area contributed by atoms with Crippen LogP contribution in [0.1, 0.15) is 27.4 Å². The van der Waals surface area contributed by atoms with Gasteiger partial charge in [0.25, 0.3) is 5.56 Å². The quantitative estimate of drug-likeness (QED) is 0.287. The second kappa shape index (κ2) is 7.97. The van der Waals surface area contributed by atoms with Crippen LogP contribution in [0.15, 0.2) is 34.2 Å². The third kappa shape index (κ3) is 3.96. The molecule has 0 saturated heterocycles. The molecule has 1 amide bonds. The molecule has 0 saturated carbocycles. The number of hydrazone groups is 1. The van der Waals surface area contributed by atoms with Crippen LogP contribution in [0, 0.1) is 20.8 Å². The highest BCUT2D eigenvalue weighted by Crippen LogP contribution is 2.25. The van der Waals surface area contributed by atoms with Crippen LogP contribution in [0.2, 0.25) is 5.15 Å². The third-order valence-electron chi connectivity index (χ3n) is 4.76. The molecule has 4 aromatic rings. The van der Waals surface area contributed by atoms with Gasteiger partial charge in [-0.15, -0.1) is 11.3 Å². The fourth-order valence-electron chi connectivity index (χ4n) is 3.11. The van der Waals surface area contributed by atoms with E-state index >= 15 is 0 Å². The van der Waals surface area contributed by atoms with Gasteiger partial charge in [-0.3, -0.25) is 9.59 Å². The maximum atomic E-state index is 12.3. The first kappa shape index (κ1) is 20.2. The van der Waals surface area contributed by atoms with Gasteiger partial charge in [-0.1, -0.05) is 23.7 Å². The molecule has 0 radical (unpaired) electrons. The van der Waals surface area contributed by atoms with Crippen LogP contribution in [-0.4, -0.2) is 27.1 Å². The van der Waals surface area contributed by atoms with Crippen LogP contribution in [0.5, 0.6) is 0 Å². The summed E-state index contributed by atoms with van der Waals surface area (Å²) in [5.41, 5.74) is 5.59. The van der Waals surface area contributed by atoms with Crippen LogP contribution >= 0.6 is 22.9 Å². The number of H-pyrrole nitrogens is 1. The van der Waals surface area contributed by atoms with Gasteiger partial charge in [0.15, 0.2) is 0 Å². The lowest BCUT2D eigenvalue weighted by atomic mass is 10.1. The number of aromatic nitrogens is 3. The van der Waals surface area contributed by atoms with E-state index in [0.717, 1.165) is 26.9 Å². The highest BCUT2D eigenvalue weighted by atomic mass is 35.5. The lowest BCUT2D eigenvalue weighted by Gasteiger charge is -2.03. The molecular weight excluding hydrogens is 422 g/mol. The minimum absolute atomic E-state index is 0.0957. The zero-order valence-corrected chi connectivity index (χ0v) is 18.1. The molecule has 0 bridgehead atoms. The molecule has 0 spiro atoms. The van der Waals surface area contributed by atoms with Crippen LogP contribution in [0.4, 0.5) is 0 Å². The van der Waals surface area contributed by atoms with Gasteiger partial charge in [0.2, 0.25) is 5.91 Å². The minimum Gasteiger partial charge on any atom is -0.309 e. The van der Waals surface area contributed by atoms with Gasteiger partial charge in [-0.2, -0.15) is 5.10 Å². The van der Waals surface area contributed by atoms with Gasteiger partial charge in [-0.25, -0.2) is 15.4 Å². The number of fused-ring (bicyclic) bond motifs is 2. The lowest BCUT2D eigenvalue weighted by molar-refractivity contribution is -0.120. The Kier molecular flexibility index (Phi) is 5.36. The summed E-state index contributed by atoms with van der Waals surface area (Å²) in [6.45, 7) is 5.82. The van der Waals surface area contributed by atoms with Crippen LogP contribution in [0.25, 0.3) is 21.1 Å². The van der Waals surface area contributed by atoms with E-state index in [-0.39, 0.29) is 12.0 Å². The van der Waals surface area contributed by atoms with Crippen molar-refractivity contribution < 1.29 is 4.79 Å². The van der Waals surface area contributed by atoms with E-state index in [0.29, 0.717) is 26.8 Å². The second-order valence-corrected chi connectivity index (χ2v) is 8.57. The van der Waals surface area contributed by atoms with Crippen molar-refractivity contribution in [2.75, 3.05) is 0 Å². The monoisotopic (exact) mass is 439 g/mol. The number of aromatic amines is 1. The maximum absolute atomic E-state index is 12.3. The number of benzene rings is 1. The van der Waals surface area contributed by atoms with E-state index in [4.69, 9.17) is 11.6 Å². The van der Waals surface area contributed by atoms with Crippen molar-refractivity contribution in [2.24, 2.45) is 5.10 Å². The number of rotatable bonds is 4. The number of thiophene rings is 1. The minimum atomic E-state index is -0.403. The number of aryl methyl sites for hydroxylation is 3. The molecule has 1 aromatic carbocycles. The van der Waals surface area contributed by atoms with E-state index in [1.807, 2.05) is 45.0 Å². The fourth-order valence-corrected chi connectivity index (χ4v) is 4.35. The van der Waals surface area contributed by atoms with E-state index in [1.54, 1.807) is 0 Å². The molecule has 0 aliphatic carbocycles. The third-order valence-corrected chi connectivity index (χ3v) is 6.17. The van der Waals surface area contributed by atoms with E-state index in [1.165, 1.54) is 17.6 Å². The molecule has 0 aliphatic heterocycles. The Labute approximate surface area is 180 Å². The van der Waals surface area contributed by atoms with Gasteiger partial charge in [0.05, 0.1) is 23.5 Å². The first-order valence-electron chi connectivity index (χ1n) is 9.19. The predicted molar refractivity (Wildman–Crippen MR) is 121 cm³/mol. The molecule has 4 rings (SSSR count). The normalized spacial score (nSPS) is 11.6. The van der Waals surface area contributed by atoms with Crippen molar-refractivity contribution in [3.05, 3.63) is 67.2 Å². The molecule has 0 atom stereocenters. The van der Waals surface area contributed by atoms with Gasteiger partial charge < -0.3 is 4.98 Å². The summed E-state index contributed by atoms with van der Waals surface area (Å²) in [4.78, 5) is 37.6. The molecule has 0 aliphatic rings. The smallest absolute Gasteiger partial charge is 0.259 e. The maximum Gasteiger partial charge on any atom is 0.259 e. The topological polar surface area (TPSA) is 100 Å². The Bertz CT molecular complexity index is 1390. The van der Waals surface area contributed by atoms with Crippen molar-refractivity contribution in [3.63, 3.8) is 0 Å². The molecule has 0 unspecified atom stereocenters. The van der Waals surface area contributed by atoms with Crippen LogP contribution in [-0.2, 0) is 11.2 Å². The summed E-state index contributed by atoms with van der Waals surface area (Å²) in [5, 5.41) is 5.76. The number of carbonyl (C=O) groups is 1. The summed E-state index contributed by atoms with van der Waals surface area (Å²) >= 11 is 7.66. The first-order valence-corrected chi connectivity index (χ1v) is 10.4. The molecule has 2 N–H and O–H groups in total. The zero-order chi connectivity index (χ0) is 21.4. The largest absolute Gasteiger partial charge is 0.309 e. The van der Waals surface area contributed by atoms with E-state index in [2.05, 4.69) is 25.5 Å². The summed E-state index contributed by atoms with van der Waals surface area (Å²) < 4.78 is 0. The van der Waals surface area contributed by atoms with Gasteiger partial charge in [0.1, 0.15) is 15.8 Å². The van der Waals surface area contributed by atoms with Crippen molar-refractivity contribution in [1.29, 1.82) is 0 Å². The summed E-state index contributed by atoms with van der Waals surface area (Å²) in [7, 11) is 0. The molecule has 30 heavy (non-hydrogen) atoms. The number of hydrogen-bond donors (Lipinski definition) is 2. The van der Waals surface area contributed by atoms with Crippen molar-refractivity contribution in [1.82, 2.24) is 20.4 Å². The van der Waals surface area contributed by atoms with Crippen LogP contribution < -0.4 is 11.0 Å². The highest BCUT2D eigenvalue weighted by Gasteiger charge is 2.13. The average molecular weight is 440 g/mol. The number of nitrogens with one attached hydrogen (secondary N) is 2. The number of pyridine rings is 1. The number of halogens is 1. The first-order chi connectivity index (χ1) is 14.3. The molecule has 9 heteroatoms. The highest BCUT2D eigenvalue weighted by molar-refractivity contribution is 7.18. The molecule has 3 heterocycles. The number of amides is 1. The van der Waals surface area contributed by atoms with Crippen molar-refractivity contribution in [2.45, 2.75) is 27.2 Å². The average Bonchev–Trinajstić information content (AvgIpc) is 2.96. The molecule has 3 aromatic heterocycles. The predicted octanol–water partition coefficient (Wildman–Crippen LogP) is 3.80. The number of nitrogens with zero attached hydrogens (tertiary/aromatic N) is 3. The van der Waals surface area contributed by atoms with Crippen LogP contribution in [0.3, 0.4) is 0 Å². The summed E-state index contributed by atoms with van der Waals surface area (Å²) in [6, 6.07) is 7.75. The Morgan fingerprint density at radius 2 is 2.07 bits per heavy atom. The van der Waals surface area contributed by atoms with Crippen molar-refractivity contribution >= 4 is 56.2 Å². The zero-order valence-electron chi connectivity index (χ0n) is 16.5. The van der Waals surface area contributed by atoms with Crippen molar-refractivity contribution in [3.8, 4) is 0 Å². The molecular formula is C21H18ClN5O2S. The standard InChI is InChI=1S/C21H18ClN5O2S/c1-10-4-5-13-7-14(19(22)24-15(13)6-10)9-23-27-17(28)8-16-25-20(29)18-11(2)12(3)30-21(18)26-16/h4-7,9H,8H2,1-3H3,(H,27,28)(H,25,26,29)/b23-9+. The fraction of sp³-hybridized carbons (Fsp3) is 0.190. The van der Waals surface area contributed by atoms with E-state index < -0.39 is 5.91 Å². The van der Waals surface area contributed by atoms with Gasteiger partial charge >= 0.3 is 0 Å². The second-order valence-electron chi connectivity index (χ2n) is 7.01. The van der Waals surface area contributed by atoms with Gasteiger partial charge in [0, 0.05) is 15.8 Å². The molecule has 152 valence electrons. The Hall–Kier alpha value is -3.10. The van der Waals surface area contributed by atoms with Gasteiger partial charge in [-0.05, 0) is 44.0 Å². The Balaban J connectivity index is 1.48. The Morgan fingerprint density at radius 1 is 1.27 bits per heavy atom.